The van der Waals surface area contributed by atoms with E-state index in [-0.39, 0.29) is 10.8 Å². The maximum absolute atomic E-state index is 13.9. The van der Waals surface area contributed by atoms with Gasteiger partial charge in [-0.3, -0.25) is 14.3 Å². The second kappa shape index (κ2) is 9.19. The molecule has 0 aliphatic rings. The topological polar surface area (TPSA) is 88.9 Å². The van der Waals surface area contributed by atoms with Crippen molar-refractivity contribution in [3.05, 3.63) is 81.2 Å². The Morgan fingerprint density at radius 2 is 2.00 bits per heavy atom. The molecular weight excluding hydrogens is 477 g/mol. The molecule has 3 aromatic rings. The Hall–Kier alpha value is -3.04. The molecule has 7 nitrogen and oxygen atoms in total. The van der Waals surface area contributed by atoms with Gasteiger partial charge in [0.1, 0.15) is 11.0 Å². The molecule has 3 rings (SSSR count). The van der Waals surface area contributed by atoms with Gasteiger partial charge in [-0.25, -0.2) is 9.37 Å². The molecule has 2 heterocycles. The van der Waals surface area contributed by atoms with Crippen molar-refractivity contribution in [1.29, 1.82) is 0 Å². The molecule has 0 radical (unpaired) electrons. The number of carbonyl (C=O) groups excluding carboxylic acids is 2. The van der Waals surface area contributed by atoms with Crippen molar-refractivity contribution in [3.8, 4) is 0 Å². The summed E-state index contributed by atoms with van der Waals surface area (Å²) in [5, 5.41) is 9.13. The zero-order chi connectivity index (χ0) is 21.8. The highest BCUT2D eigenvalue weighted by molar-refractivity contribution is 9.10. The van der Waals surface area contributed by atoms with E-state index in [0.29, 0.717) is 21.3 Å². The minimum atomic E-state index is -1.02. The Balaban J connectivity index is 1.85. The first kappa shape index (κ1) is 21.7. The minimum absolute atomic E-state index is 0.109. The standard InChI is InChI=1S/C20H16BrClFN5O2/c1-11-13(10-25-28(11)2)14(16-4-3-5-18(22)26-16)9-24-19(29)20(30)27-17-7-6-12(21)8-15(17)23/h3-10H,1-2H3,(H,24,29)(H,27,30). The summed E-state index contributed by atoms with van der Waals surface area (Å²) < 4.78 is 16.1. The fraction of sp³-hybridized carbons (Fsp3) is 0.100. The van der Waals surface area contributed by atoms with Gasteiger partial charge in [-0.15, -0.1) is 0 Å². The van der Waals surface area contributed by atoms with Gasteiger partial charge in [0.15, 0.2) is 0 Å². The Kier molecular flexibility index (Phi) is 6.63. The Morgan fingerprint density at radius 3 is 2.63 bits per heavy atom. The number of pyridine rings is 1. The summed E-state index contributed by atoms with van der Waals surface area (Å²) in [6, 6.07) is 9.13. The highest BCUT2D eigenvalue weighted by Crippen LogP contribution is 2.25. The number of rotatable bonds is 4. The molecule has 1 aromatic carbocycles. The number of hydrogen-bond donors (Lipinski definition) is 2. The van der Waals surface area contributed by atoms with Crippen LogP contribution in [0.25, 0.3) is 5.57 Å². The summed E-state index contributed by atoms with van der Waals surface area (Å²) in [5.74, 6) is -2.66. The average molecular weight is 493 g/mol. The highest BCUT2D eigenvalue weighted by Gasteiger charge is 2.17. The third-order valence-electron chi connectivity index (χ3n) is 4.25. The van der Waals surface area contributed by atoms with Gasteiger partial charge in [-0.05, 0) is 37.3 Å². The first-order valence-corrected chi connectivity index (χ1v) is 9.82. The van der Waals surface area contributed by atoms with Crippen molar-refractivity contribution in [2.75, 3.05) is 5.32 Å². The second-order valence-corrected chi connectivity index (χ2v) is 7.53. The van der Waals surface area contributed by atoms with E-state index < -0.39 is 17.6 Å². The highest BCUT2D eigenvalue weighted by atomic mass is 79.9. The van der Waals surface area contributed by atoms with E-state index in [1.165, 1.54) is 18.3 Å². The monoisotopic (exact) mass is 491 g/mol. The second-order valence-electron chi connectivity index (χ2n) is 6.22. The largest absolute Gasteiger partial charge is 0.324 e. The molecule has 2 amide bonds. The number of nitrogens with zero attached hydrogens (tertiary/aromatic N) is 3. The maximum Gasteiger partial charge on any atom is 0.314 e. The van der Waals surface area contributed by atoms with Crippen molar-refractivity contribution in [1.82, 2.24) is 20.1 Å². The van der Waals surface area contributed by atoms with E-state index in [1.54, 1.807) is 42.2 Å². The molecule has 0 unspecified atom stereocenters. The predicted octanol–water partition coefficient (Wildman–Crippen LogP) is 3.82. The molecule has 0 bridgehead atoms. The molecule has 154 valence electrons. The molecule has 0 aliphatic heterocycles. The molecule has 0 spiro atoms. The minimum Gasteiger partial charge on any atom is -0.324 e. The fourth-order valence-corrected chi connectivity index (χ4v) is 3.08. The zero-order valence-electron chi connectivity index (χ0n) is 15.9. The zero-order valence-corrected chi connectivity index (χ0v) is 18.3. The molecule has 0 atom stereocenters. The molecule has 0 saturated carbocycles. The van der Waals surface area contributed by atoms with Crippen LogP contribution in [0.3, 0.4) is 0 Å². The lowest BCUT2D eigenvalue weighted by Crippen LogP contribution is -2.32. The number of nitrogens with one attached hydrogen (secondary N) is 2. The van der Waals surface area contributed by atoms with Crippen LogP contribution in [0.15, 0.2) is 53.3 Å². The quantitative estimate of drug-likeness (QED) is 0.428. The summed E-state index contributed by atoms with van der Waals surface area (Å²) in [5.41, 5.74) is 2.41. The van der Waals surface area contributed by atoms with Crippen LogP contribution in [0.2, 0.25) is 5.15 Å². The van der Waals surface area contributed by atoms with Gasteiger partial charge in [-0.1, -0.05) is 33.6 Å². The normalized spacial score (nSPS) is 11.3. The predicted molar refractivity (Wildman–Crippen MR) is 115 cm³/mol. The molecule has 0 saturated heterocycles. The number of carbonyl (C=O) groups is 2. The van der Waals surface area contributed by atoms with Crippen LogP contribution < -0.4 is 10.6 Å². The fourth-order valence-electron chi connectivity index (χ4n) is 2.58. The van der Waals surface area contributed by atoms with Crippen molar-refractivity contribution >= 4 is 50.6 Å². The number of anilines is 1. The number of hydrogen-bond acceptors (Lipinski definition) is 4. The summed E-state index contributed by atoms with van der Waals surface area (Å²) in [7, 11) is 1.78. The van der Waals surface area contributed by atoms with Crippen LogP contribution in [0.1, 0.15) is 17.0 Å². The molecule has 10 heteroatoms. The summed E-state index contributed by atoms with van der Waals surface area (Å²) in [6.45, 7) is 1.85. The van der Waals surface area contributed by atoms with Crippen LogP contribution in [0, 0.1) is 12.7 Å². The number of benzene rings is 1. The van der Waals surface area contributed by atoms with Crippen LogP contribution >= 0.6 is 27.5 Å². The van der Waals surface area contributed by atoms with Gasteiger partial charge in [0, 0.05) is 34.6 Å². The van der Waals surface area contributed by atoms with E-state index in [2.05, 4.69) is 36.6 Å². The third-order valence-corrected chi connectivity index (χ3v) is 4.95. The Labute approximate surface area is 185 Å². The molecule has 2 aromatic heterocycles. The summed E-state index contributed by atoms with van der Waals surface area (Å²) in [6.07, 6.45) is 2.97. The lowest BCUT2D eigenvalue weighted by Gasteiger charge is -2.09. The van der Waals surface area contributed by atoms with Crippen molar-refractivity contribution in [2.45, 2.75) is 6.92 Å². The van der Waals surface area contributed by atoms with Gasteiger partial charge in [-0.2, -0.15) is 5.10 Å². The smallest absolute Gasteiger partial charge is 0.314 e. The number of halogens is 3. The first-order chi connectivity index (χ1) is 14.3. The van der Waals surface area contributed by atoms with Crippen LogP contribution in [-0.2, 0) is 16.6 Å². The Bertz CT molecular complexity index is 1160. The van der Waals surface area contributed by atoms with Gasteiger partial charge < -0.3 is 10.6 Å². The lowest BCUT2D eigenvalue weighted by molar-refractivity contribution is -0.135. The van der Waals surface area contributed by atoms with Gasteiger partial charge in [0.05, 0.1) is 17.6 Å². The van der Waals surface area contributed by atoms with Crippen molar-refractivity contribution < 1.29 is 14.0 Å². The van der Waals surface area contributed by atoms with E-state index in [0.717, 1.165) is 5.69 Å². The third kappa shape index (κ3) is 4.92. The molecule has 2 N–H and O–H groups in total. The van der Waals surface area contributed by atoms with Crippen molar-refractivity contribution in [3.63, 3.8) is 0 Å². The SMILES string of the molecule is Cc1c(C(=CNC(=O)C(=O)Nc2ccc(Br)cc2F)c2cccc(Cl)n2)cnn1C. The number of amides is 2. The molecule has 0 aliphatic carbocycles. The number of aryl methyl sites for hydroxylation is 1. The molecule has 30 heavy (non-hydrogen) atoms. The van der Waals surface area contributed by atoms with E-state index in [4.69, 9.17) is 11.6 Å². The van der Waals surface area contributed by atoms with Crippen LogP contribution in [-0.4, -0.2) is 26.6 Å². The van der Waals surface area contributed by atoms with E-state index in [9.17, 15) is 14.0 Å². The lowest BCUT2D eigenvalue weighted by atomic mass is 10.0. The van der Waals surface area contributed by atoms with E-state index >= 15 is 0 Å². The number of aromatic nitrogens is 3. The van der Waals surface area contributed by atoms with Crippen molar-refractivity contribution in [2.24, 2.45) is 7.05 Å². The first-order valence-electron chi connectivity index (χ1n) is 8.65. The van der Waals surface area contributed by atoms with Gasteiger partial charge in [0.2, 0.25) is 0 Å². The maximum atomic E-state index is 13.9. The summed E-state index contributed by atoms with van der Waals surface area (Å²) >= 11 is 9.13. The van der Waals surface area contributed by atoms with Crippen LogP contribution in [0.4, 0.5) is 10.1 Å². The molecular formula is C20H16BrClFN5O2. The van der Waals surface area contributed by atoms with E-state index in [1.807, 2.05) is 6.92 Å². The average Bonchev–Trinajstić information content (AvgIpc) is 3.03. The van der Waals surface area contributed by atoms with Gasteiger partial charge in [0.25, 0.3) is 0 Å². The van der Waals surface area contributed by atoms with Crippen LogP contribution in [0.5, 0.6) is 0 Å². The molecule has 0 fully saturated rings. The Morgan fingerprint density at radius 1 is 1.23 bits per heavy atom. The summed E-state index contributed by atoms with van der Waals surface area (Å²) in [4.78, 5) is 28.7. The van der Waals surface area contributed by atoms with Gasteiger partial charge >= 0.3 is 11.8 Å².